The minimum absolute atomic E-state index is 0. The molecule has 5 nitrogen and oxygen atoms in total. The average molecular weight is 251 g/mol. The highest BCUT2D eigenvalue weighted by Gasteiger charge is 2.29. The standard InChI is InChI=1S/C12H17N3O2.CH4/c13-10(12(17)15-6-1-2-7-15)11(16)9-4-3-5-14-8-9;/h3-5,8,10-11,16H,1-2,6-7,13H2;1H4/t10-,11-;/m0./s1. The van der Waals surface area contributed by atoms with Crippen LogP contribution in [-0.4, -0.2) is 40.0 Å². The third-order valence-electron chi connectivity index (χ3n) is 3.07. The molecule has 0 saturated carbocycles. The van der Waals surface area contributed by atoms with Crippen LogP contribution in [0.15, 0.2) is 24.5 Å². The lowest BCUT2D eigenvalue weighted by Gasteiger charge is -2.23. The van der Waals surface area contributed by atoms with Crippen molar-refractivity contribution in [3.8, 4) is 0 Å². The van der Waals surface area contributed by atoms with Crippen LogP contribution < -0.4 is 5.73 Å². The number of aromatic nitrogens is 1. The largest absolute Gasteiger partial charge is 0.386 e. The molecule has 1 aromatic rings. The predicted octanol–water partition coefficient (Wildman–Crippen LogP) is 0.701. The molecule has 2 heterocycles. The molecule has 0 bridgehead atoms. The Labute approximate surface area is 108 Å². The zero-order valence-electron chi connectivity index (χ0n) is 9.62. The summed E-state index contributed by atoms with van der Waals surface area (Å²) >= 11 is 0. The van der Waals surface area contributed by atoms with Crippen LogP contribution in [0.25, 0.3) is 0 Å². The van der Waals surface area contributed by atoms with Crippen LogP contribution in [0.5, 0.6) is 0 Å². The van der Waals surface area contributed by atoms with Crippen molar-refractivity contribution in [2.75, 3.05) is 13.1 Å². The van der Waals surface area contributed by atoms with E-state index in [0.717, 1.165) is 25.9 Å². The summed E-state index contributed by atoms with van der Waals surface area (Å²) in [7, 11) is 0. The minimum atomic E-state index is -0.989. The Kier molecular flexibility index (Phi) is 5.25. The van der Waals surface area contributed by atoms with E-state index in [1.54, 1.807) is 23.2 Å². The Morgan fingerprint density at radius 1 is 1.44 bits per heavy atom. The van der Waals surface area contributed by atoms with E-state index in [4.69, 9.17) is 5.73 Å². The van der Waals surface area contributed by atoms with Gasteiger partial charge < -0.3 is 15.7 Å². The number of likely N-dealkylation sites (tertiary alicyclic amines) is 1. The van der Waals surface area contributed by atoms with Gasteiger partial charge in [0, 0.05) is 31.0 Å². The van der Waals surface area contributed by atoms with E-state index in [2.05, 4.69) is 4.98 Å². The highest BCUT2D eigenvalue weighted by Crippen LogP contribution is 2.17. The molecule has 0 aliphatic carbocycles. The van der Waals surface area contributed by atoms with Gasteiger partial charge in [0.1, 0.15) is 12.1 Å². The number of carbonyl (C=O) groups is 1. The lowest BCUT2D eigenvalue weighted by atomic mass is 10.0. The summed E-state index contributed by atoms with van der Waals surface area (Å²) in [4.78, 5) is 17.6. The second-order valence-electron chi connectivity index (χ2n) is 4.29. The number of nitrogens with zero attached hydrogens (tertiary/aromatic N) is 2. The first-order valence-electron chi connectivity index (χ1n) is 5.82. The Morgan fingerprint density at radius 2 is 2.11 bits per heavy atom. The van der Waals surface area contributed by atoms with Crippen molar-refractivity contribution in [3.05, 3.63) is 30.1 Å². The van der Waals surface area contributed by atoms with Crippen LogP contribution in [0.2, 0.25) is 0 Å². The number of aliphatic hydroxyl groups is 1. The molecule has 2 rings (SSSR count). The maximum absolute atomic E-state index is 12.0. The van der Waals surface area contributed by atoms with E-state index in [1.807, 2.05) is 0 Å². The minimum Gasteiger partial charge on any atom is -0.386 e. The van der Waals surface area contributed by atoms with Crippen LogP contribution in [0, 0.1) is 0 Å². The Balaban J connectivity index is 0.00000162. The number of hydrogen-bond donors (Lipinski definition) is 2. The van der Waals surface area contributed by atoms with Crippen LogP contribution in [0.1, 0.15) is 31.9 Å². The molecule has 1 amide bonds. The van der Waals surface area contributed by atoms with Crippen LogP contribution >= 0.6 is 0 Å². The summed E-state index contributed by atoms with van der Waals surface area (Å²) in [5, 5.41) is 10.0. The molecule has 0 radical (unpaired) electrons. The second kappa shape index (κ2) is 6.47. The van der Waals surface area contributed by atoms with E-state index >= 15 is 0 Å². The van der Waals surface area contributed by atoms with Crippen LogP contribution in [0.4, 0.5) is 0 Å². The SMILES string of the molecule is C.N[C@H](C(=O)N1CCCC1)[C@@H](O)c1cccnc1. The van der Waals surface area contributed by atoms with E-state index < -0.39 is 12.1 Å². The Bertz CT molecular complexity index is 377. The fraction of sp³-hybridized carbons (Fsp3) is 0.538. The van der Waals surface area contributed by atoms with Gasteiger partial charge in [-0.05, 0) is 18.9 Å². The van der Waals surface area contributed by atoms with Crippen molar-refractivity contribution in [1.82, 2.24) is 9.88 Å². The van der Waals surface area contributed by atoms with Crippen molar-refractivity contribution in [3.63, 3.8) is 0 Å². The topological polar surface area (TPSA) is 79.5 Å². The highest BCUT2D eigenvalue weighted by molar-refractivity contribution is 5.82. The molecule has 0 aromatic carbocycles. The van der Waals surface area contributed by atoms with Gasteiger partial charge in [0.05, 0.1) is 0 Å². The predicted molar refractivity (Wildman–Crippen MR) is 69.7 cm³/mol. The van der Waals surface area contributed by atoms with Gasteiger partial charge in [0.2, 0.25) is 5.91 Å². The number of carbonyl (C=O) groups excluding carboxylic acids is 1. The van der Waals surface area contributed by atoms with Crippen molar-refractivity contribution < 1.29 is 9.90 Å². The molecule has 1 aromatic heterocycles. The number of rotatable bonds is 3. The van der Waals surface area contributed by atoms with Crippen molar-refractivity contribution >= 4 is 5.91 Å². The molecule has 0 unspecified atom stereocenters. The van der Waals surface area contributed by atoms with Crippen molar-refractivity contribution in [1.29, 1.82) is 0 Å². The lowest BCUT2D eigenvalue weighted by Crippen LogP contribution is -2.45. The molecular formula is C13H21N3O2. The maximum Gasteiger partial charge on any atom is 0.242 e. The zero-order chi connectivity index (χ0) is 12.3. The number of aliphatic hydroxyl groups excluding tert-OH is 1. The molecule has 18 heavy (non-hydrogen) atoms. The molecule has 1 aliphatic heterocycles. The molecule has 1 fully saturated rings. The van der Waals surface area contributed by atoms with Crippen LogP contribution in [0.3, 0.4) is 0 Å². The van der Waals surface area contributed by atoms with E-state index in [9.17, 15) is 9.90 Å². The maximum atomic E-state index is 12.0. The molecule has 5 heteroatoms. The molecule has 1 aliphatic rings. The zero-order valence-corrected chi connectivity index (χ0v) is 9.62. The monoisotopic (exact) mass is 251 g/mol. The normalized spacial score (nSPS) is 18.0. The first-order chi connectivity index (χ1) is 8.20. The number of nitrogens with two attached hydrogens (primary N) is 1. The average Bonchev–Trinajstić information content (AvgIpc) is 2.91. The van der Waals surface area contributed by atoms with Crippen molar-refractivity contribution in [2.45, 2.75) is 32.4 Å². The van der Waals surface area contributed by atoms with Gasteiger partial charge in [-0.2, -0.15) is 0 Å². The third kappa shape index (κ3) is 3.05. The highest BCUT2D eigenvalue weighted by atomic mass is 16.3. The summed E-state index contributed by atoms with van der Waals surface area (Å²) in [5.74, 6) is -0.182. The Hall–Kier alpha value is -1.46. The second-order valence-corrected chi connectivity index (χ2v) is 4.29. The van der Waals surface area contributed by atoms with Gasteiger partial charge in [-0.3, -0.25) is 9.78 Å². The van der Waals surface area contributed by atoms with Gasteiger partial charge >= 0.3 is 0 Å². The molecule has 1 saturated heterocycles. The van der Waals surface area contributed by atoms with Gasteiger partial charge in [-0.25, -0.2) is 0 Å². The van der Waals surface area contributed by atoms with E-state index in [0.29, 0.717) is 5.56 Å². The number of hydrogen-bond acceptors (Lipinski definition) is 4. The molecule has 2 atom stereocenters. The molecule has 100 valence electrons. The van der Waals surface area contributed by atoms with E-state index in [1.165, 1.54) is 6.20 Å². The van der Waals surface area contributed by atoms with E-state index in [-0.39, 0.29) is 13.3 Å². The smallest absolute Gasteiger partial charge is 0.242 e. The first kappa shape index (κ1) is 14.6. The summed E-state index contributed by atoms with van der Waals surface area (Å²) in [6.45, 7) is 1.48. The van der Waals surface area contributed by atoms with Gasteiger partial charge in [-0.15, -0.1) is 0 Å². The van der Waals surface area contributed by atoms with Gasteiger partial charge in [-0.1, -0.05) is 13.5 Å². The fourth-order valence-electron chi connectivity index (χ4n) is 2.04. The molecule has 0 spiro atoms. The summed E-state index contributed by atoms with van der Waals surface area (Å²) in [6.07, 6.45) is 4.19. The first-order valence-corrected chi connectivity index (χ1v) is 5.82. The summed E-state index contributed by atoms with van der Waals surface area (Å²) in [5.41, 5.74) is 6.38. The van der Waals surface area contributed by atoms with Gasteiger partial charge in [0.15, 0.2) is 0 Å². The number of pyridine rings is 1. The lowest BCUT2D eigenvalue weighted by molar-refractivity contribution is -0.134. The molecule has 3 N–H and O–H groups in total. The number of amides is 1. The summed E-state index contributed by atoms with van der Waals surface area (Å²) < 4.78 is 0. The van der Waals surface area contributed by atoms with Crippen molar-refractivity contribution in [2.24, 2.45) is 5.73 Å². The van der Waals surface area contributed by atoms with Gasteiger partial charge in [0.25, 0.3) is 0 Å². The third-order valence-corrected chi connectivity index (χ3v) is 3.07. The quantitative estimate of drug-likeness (QED) is 0.829. The fourth-order valence-corrected chi connectivity index (χ4v) is 2.04. The summed E-state index contributed by atoms with van der Waals surface area (Å²) in [6, 6.07) is 2.53. The Morgan fingerprint density at radius 3 is 2.67 bits per heavy atom. The molecular weight excluding hydrogens is 230 g/mol. The van der Waals surface area contributed by atoms with Crippen LogP contribution in [-0.2, 0) is 4.79 Å².